The summed E-state index contributed by atoms with van der Waals surface area (Å²) >= 11 is 1.46. The molecule has 1 aromatic carbocycles. The van der Waals surface area contributed by atoms with Crippen molar-refractivity contribution in [2.75, 3.05) is 24.2 Å². The van der Waals surface area contributed by atoms with Crippen LogP contribution in [0.3, 0.4) is 0 Å². The Morgan fingerprint density at radius 1 is 1.15 bits per heavy atom. The van der Waals surface area contributed by atoms with Crippen molar-refractivity contribution < 1.29 is 18.7 Å². The van der Waals surface area contributed by atoms with Crippen LogP contribution in [0.15, 0.2) is 57.7 Å². The van der Waals surface area contributed by atoms with Crippen molar-refractivity contribution in [1.82, 2.24) is 5.32 Å². The van der Waals surface area contributed by atoms with Crippen molar-refractivity contribution in [2.24, 2.45) is 0 Å². The molecule has 2 heterocycles. The van der Waals surface area contributed by atoms with Gasteiger partial charge in [0, 0.05) is 18.7 Å². The van der Waals surface area contributed by atoms with E-state index in [1.807, 2.05) is 12.1 Å². The SMILES string of the molecule is CC1=C(C(=O)Nc2ccccc2C(=O)NCCc2ccco2)SCCO1. The van der Waals surface area contributed by atoms with Crippen molar-refractivity contribution in [3.63, 3.8) is 0 Å². The highest BCUT2D eigenvalue weighted by molar-refractivity contribution is 8.04. The molecular formula is C19H20N2O4S. The van der Waals surface area contributed by atoms with Crippen LogP contribution in [-0.2, 0) is 16.0 Å². The molecule has 0 fully saturated rings. The van der Waals surface area contributed by atoms with Crippen molar-refractivity contribution in [2.45, 2.75) is 13.3 Å². The molecule has 1 aromatic heterocycles. The quantitative estimate of drug-likeness (QED) is 0.814. The minimum atomic E-state index is -0.261. The van der Waals surface area contributed by atoms with E-state index in [2.05, 4.69) is 10.6 Å². The van der Waals surface area contributed by atoms with Crippen molar-refractivity contribution in [1.29, 1.82) is 0 Å². The van der Waals surface area contributed by atoms with Gasteiger partial charge in [0.1, 0.15) is 16.4 Å². The number of nitrogens with one attached hydrogen (secondary N) is 2. The van der Waals surface area contributed by atoms with Gasteiger partial charge in [0.2, 0.25) is 0 Å². The third kappa shape index (κ3) is 4.49. The van der Waals surface area contributed by atoms with Crippen LogP contribution in [-0.4, -0.2) is 30.7 Å². The molecule has 3 rings (SSSR count). The van der Waals surface area contributed by atoms with E-state index in [0.717, 1.165) is 11.5 Å². The van der Waals surface area contributed by atoms with E-state index in [-0.39, 0.29) is 11.8 Å². The summed E-state index contributed by atoms with van der Waals surface area (Å²) in [6.45, 7) is 2.82. The van der Waals surface area contributed by atoms with Gasteiger partial charge in [-0.05, 0) is 31.2 Å². The topological polar surface area (TPSA) is 80.6 Å². The maximum absolute atomic E-state index is 12.5. The highest BCUT2D eigenvalue weighted by Crippen LogP contribution is 2.27. The molecule has 2 amide bonds. The molecule has 0 bridgehead atoms. The standard InChI is InChI=1S/C19H20N2O4S/c1-13-17(26-12-11-24-13)19(23)21-16-7-3-2-6-15(16)18(22)20-9-8-14-5-4-10-25-14/h2-7,10H,8-9,11-12H2,1H3,(H,20,22)(H,21,23). The molecule has 0 saturated carbocycles. The zero-order valence-electron chi connectivity index (χ0n) is 14.4. The smallest absolute Gasteiger partial charge is 0.265 e. The van der Waals surface area contributed by atoms with Crippen molar-refractivity contribution in [3.8, 4) is 0 Å². The number of rotatable bonds is 6. The number of anilines is 1. The molecule has 0 spiro atoms. The van der Waals surface area contributed by atoms with E-state index >= 15 is 0 Å². The average Bonchev–Trinajstić information content (AvgIpc) is 3.16. The second-order valence-corrected chi connectivity index (χ2v) is 6.77. The fraction of sp³-hybridized carbons (Fsp3) is 0.263. The summed E-state index contributed by atoms with van der Waals surface area (Å²) in [5, 5.41) is 5.67. The number of allylic oxidation sites excluding steroid dienone is 1. The second kappa shape index (κ2) is 8.62. The van der Waals surface area contributed by atoms with E-state index in [9.17, 15) is 9.59 Å². The number of ether oxygens (including phenoxy) is 1. The first-order chi connectivity index (χ1) is 12.6. The molecule has 26 heavy (non-hydrogen) atoms. The number of para-hydroxylation sites is 1. The fourth-order valence-electron chi connectivity index (χ4n) is 2.55. The molecule has 0 saturated heterocycles. The maximum Gasteiger partial charge on any atom is 0.265 e. The predicted octanol–water partition coefficient (Wildman–Crippen LogP) is 3.19. The molecular weight excluding hydrogens is 352 g/mol. The molecule has 0 atom stereocenters. The van der Waals surface area contributed by atoms with Crippen LogP contribution in [0.5, 0.6) is 0 Å². The number of amides is 2. The Balaban J connectivity index is 1.65. The highest BCUT2D eigenvalue weighted by atomic mass is 32.2. The van der Waals surface area contributed by atoms with E-state index in [0.29, 0.717) is 41.5 Å². The lowest BCUT2D eigenvalue weighted by molar-refractivity contribution is -0.112. The summed E-state index contributed by atoms with van der Waals surface area (Å²) in [5.74, 6) is 1.64. The van der Waals surface area contributed by atoms with Gasteiger partial charge in [-0.1, -0.05) is 12.1 Å². The Morgan fingerprint density at radius 3 is 2.77 bits per heavy atom. The molecule has 0 radical (unpaired) electrons. The Morgan fingerprint density at radius 2 is 2.00 bits per heavy atom. The van der Waals surface area contributed by atoms with Gasteiger partial charge in [0.25, 0.3) is 11.8 Å². The third-order valence-corrected chi connectivity index (χ3v) is 4.96. The van der Waals surface area contributed by atoms with Crippen LogP contribution in [0.2, 0.25) is 0 Å². The molecule has 136 valence electrons. The number of carbonyl (C=O) groups excluding carboxylic acids is 2. The Labute approximate surface area is 156 Å². The van der Waals surface area contributed by atoms with Crippen LogP contribution in [0.4, 0.5) is 5.69 Å². The Kier molecular flexibility index (Phi) is 6.01. The van der Waals surface area contributed by atoms with Gasteiger partial charge in [-0.25, -0.2) is 0 Å². The van der Waals surface area contributed by atoms with Gasteiger partial charge in [-0.3, -0.25) is 9.59 Å². The van der Waals surface area contributed by atoms with Crippen LogP contribution >= 0.6 is 11.8 Å². The van der Waals surface area contributed by atoms with E-state index in [1.54, 1.807) is 37.5 Å². The number of furan rings is 1. The third-order valence-electron chi connectivity index (χ3n) is 3.83. The average molecular weight is 372 g/mol. The predicted molar refractivity (Wildman–Crippen MR) is 101 cm³/mol. The number of benzene rings is 1. The molecule has 6 nitrogen and oxygen atoms in total. The number of hydrogen-bond acceptors (Lipinski definition) is 5. The Hall–Kier alpha value is -2.67. The summed E-state index contributed by atoms with van der Waals surface area (Å²) in [4.78, 5) is 25.5. The molecule has 0 aliphatic carbocycles. The monoisotopic (exact) mass is 372 g/mol. The van der Waals surface area contributed by atoms with E-state index in [4.69, 9.17) is 9.15 Å². The zero-order chi connectivity index (χ0) is 18.4. The first-order valence-corrected chi connectivity index (χ1v) is 9.31. The summed E-state index contributed by atoms with van der Waals surface area (Å²) < 4.78 is 10.7. The zero-order valence-corrected chi connectivity index (χ0v) is 15.2. The highest BCUT2D eigenvalue weighted by Gasteiger charge is 2.20. The van der Waals surface area contributed by atoms with Crippen LogP contribution in [0.1, 0.15) is 23.0 Å². The summed E-state index contributed by atoms with van der Waals surface area (Å²) in [5.41, 5.74) is 0.889. The lowest BCUT2D eigenvalue weighted by Crippen LogP contribution is -2.27. The fourth-order valence-corrected chi connectivity index (χ4v) is 3.36. The van der Waals surface area contributed by atoms with E-state index in [1.165, 1.54) is 11.8 Å². The van der Waals surface area contributed by atoms with Gasteiger partial charge in [-0.2, -0.15) is 0 Å². The largest absolute Gasteiger partial charge is 0.496 e. The molecule has 2 N–H and O–H groups in total. The van der Waals surface area contributed by atoms with Crippen LogP contribution in [0, 0.1) is 0 Å². The van der Waals surface area contributed by atoms with Gasteiger partial charge < -0.3 is 19.8 Å². The first kappa shape index (κ1) is 18.1. The van der Waals surface area contributed by atoms with Crippen LogP contribution in [0.25, 0.3) is 0 Å². The number of hydrogen-bond donors (Lipinski definition) is 2. The molecule has 0 unspecified atom stereocenters. The molecule has 2 aromatic rings. The summed E-state index contributed by atoms with van der Waals surface area (Å²) in [7, 11) is 0. The van der Waals surface area contributed by atoms with Crippen molar-refractivity contribution >= 4 is 29.3 Å². The van der Waals surface area contributed by atoms with Gasteiger partial charge in [0.15, 0.2) is 0 Å². The van der Waals surface area contributed by atoms with Crippen molar-refractivity contribution in [3.05, 3.63) is 64.6 Å². The lowest BCUT2D eigenvalue weighted by atomic mass is 10.1. The molecule has 1 aliphatic rings. The van der Waals surface area contributed by atoms with Gasteiger partial charge in [0.05, 0.1) is 24.1 Å². The van der Waals surface area contributed by atoms with E-state index < -0.39 is 0 Å². The first-order valence-electron chi connectivity index (χ1n) is 8.32. The second-order valence-electron chi connectivity index (χ2n) is 5.67. The maximum atomic E-state index is 12.5. The lowest BCUT2D eigenvalue weighted by Gasteiger charge is -2.18. The van der Waals surface area contributed by atoms with Crippen LogP contribution < -0.4 is 10.6 Å². The number of carbonyl (C=O) groups is 2. The van der Waals surface area contributed by atoms with Gasteiger partial charge in [-0.15, -0.1) is 11.8 Å². The minimum absolute atomic E-state index is 0.245. The summed E-state index contributed by atoms with van der Waals surface area (Å²) in [6, 6.07) is 10.6. The normalized spacial score (nSPS) is 13.9. The Bertz CT molecular complexity index is 815. The summed E-state index contributed by atoms with van der Waals surface area (Å²) in [6.07, 6.45) is 2.21. The number of thioether (sulfide) groups is 1. The molecule has 1 aliphatic heterocycles. The minimum Gasteiger partial charge on any atom is -0.496 e. The van der Waals surface area contributed by atoms with Gasteiger partial charge >= 0.3 is 0 Å². The molecule has 7 heteroatoms.